The lowest BCUT2D eigenvalue weighted by molar-refractivity contribution is 0.146. The Balaban J connectivity index is 2.13. The number of nitrogen functional groups attached to an aromatic ring is 1. The SMILES string of the molecule is COCCOc1ccc(-c2ccc(N)nc2C)cc1. The minimum Gasteiger partial charge on any atom is -0.491 e. The topological polar surface area (TPSA) is 57.4 Å². The van der Waals surface area contributed by atoms with Gasteiger partial charge in [-0.15, -0.1) is 0 Å². The van der Waals surface area contributed by atoms with Crippen LogP contribution in [-0.2, 0) is 4.74 Å². The third-order valence-electron chi connectivity index (χ3n) is 2.83. The van der Waals surface area contributed by atoms with Gasteiger partial charge in [0.05, 0.1) is 6.61 Å². The van der Waals surface area contributed by atoms with Gasteiger partial charge in [-0.3, -0.25) is 0 Å². The first-order chi connectivity index (χ1) is 9.20. The maximum atomic E-state index is 5.65. The highest BCUT2D eigenvalue weighted by molar-refractivity contribution is 5.67. The standard InChI is InChI=1S/C15H18N2O2/c1-11-14(7-8-15(16)17-11)12-3-5-13(6-4-12)19-10-9-18-2/h3-8H,9-10H2,1-2H3,(H2,16,17). The lowest BCUT2D eigenvalue weighted by Gasteiger charge is -2.08. The molecule has 4 heteroatoms. The molecule has 0 aliphatic carbocycles. The number of pyridine rings is 1. The molecule has 19 heavy (non-hydrogen) atoms. The number of benzene rings is 1. The summed E-state index contributed by atoms with van der Waals surface area (Å²) in [5.41, 5.74) is 8.76. The second-order valence-corrected chi connectivity index (χ2v) is 4.23. The van der Waals surface area contributed by atoms with Gasteiger partial charge >= 0.3 is 0 Å². The van der Waals surface area contributed by atoms with Crippen LogP contribution >= 0.6 is 0 Å². The van der Waals surface area contributed by atoms with E-state index in [0.717, 1.165) is 22.6 Å². The van der Waals surface area contributed by atoms with Crippen LogP contribution in [0.4, 0.5) is 5.82 Å². The molecule has 4 nitrogen and oxygen atoms in total. The van der Waals surface area contributed by atoms with Crippen molar-refractivity contribution in [1.82, 2.24) is 4.98 Å². The van der Waals surface area contributed by atoms with Gasteiger partial charge in [-0.05, 0) is 36.8 Å². The number of nitrogens with zero attached hydrogens (tertiary/aromatic N) is 1. The molecule has 0 aliphatic rings. The van der Waals surface area contributed by atoms with Crippen LogP contribution in [0.15, 0.2) is 36.4 Å². The first kappa shape index (κ1) is 13.4. The Hall–Kier alpha value is -2.07. The van der Waals surface area contributed by atoms with E-state index in [0.29, 0.717) is 19.0 Å². The predicted molar refractivity (Wildman–Crippen MR) is 76.2 cm³/mol. The van der Waals surface area contributed by atoms with E-state index < -0.39 is 0 Å². The number of nitrogens with two attached hydrogens (primary N) is 1. The molecule has 1 aromatic heterocycles. The van der Waals surface area contributed by atoms with Crippen molar-refractivity contribution in [3.05, 3.63) is 42.1 Å². The summed E-state index contributed by atoms with van der Waals surface area (Å²) in [4.78, 5) is 4.26. The zero-order valence-corrected chi connectivity index (χ0v) is 11.2. The summed E-state index contributed by atoms with van der Waals surface area (Å²) in [5.74, 6) is 1.38. The smallest absolute Gasteiger partial charge is 0.123 e. The molecule has 100 valence electrons. The quantitative estimate of drug-likeness (QED) is 0.838. The van der Waals surface area contributed by atoms with Crippen molar-refractivity contribution in [3.8, 4) is 16.9 Å². The highest BCUT2D eigenvalue weighted by atomic mass is 16.5. The fraction of sp³-hybridized carbons (Fsp3) is 0.267. The Morgan fingerprint density at radius 3 is 2.42 bits per heavy atom. The van der Waals surface area contributed by atoms with Gasteiger partial charge in [0.15, 0.2) is 0 Å². The Morgan fingerprint density at radius 1 is 1.05 bits per heavy atom. The molecule has 0 bridgehead atoms. The highest BCUT2D eigenvalue weighted by Crippen LogP contribution is 2.25. The molecule has 1 aromatic carbocycles. The van der Waals surface area contributed by atoms with Gasteiger partial charge in [-0.2, -0.15) is 0 Å². The van der Waals surface area contributed by atoms with E-state index in [1.54, 1.807) is 7.11 Å². The van der Waals surface area contributed by atoms with E-state index in [-0.39, 0.29) is 0 Å². The molecule has 0 atom stereocenters. The van der Waals surface area contributed by atoms with Crippen molar-refractivity contribution in [2.45, 2.75) is 6.92 Å². The number of anilines is 1. The number of methoxy groups -OCH3 is 1. The summed E-state index contributed by atoms with van der Waals surface area (Å²) in [5, 5.41) is 0. The minimum atomic E-state index is 0.542. The third-order valence-corrected chi connectivity index (χ3v) is 2.83. The normalized spacial score (nSPS) is 10.4. The minimum absolute atomic E-state index is 0.542. The van der Waals surface area contributed by atoms with Crippen molar-refractivity contribution in [1.29, 1.82) is 0 Å². The van der Waals surface area contributed by atoms with Gasteiger partial charge in [-0.25, -0.2) is 4.98 Å². The maximum Gasteiger partial charge on any atom is 0.123 e. The maximum absolute atomic E-state index is 5.65. The average molecular weight is 258 g/mol. The second kappa shape index (κ2) is 6.20. The van der Waals surface area contributed by atoms with E-state index >= 15 is 0 Å². The molecule has 2 aromatic rings. The van der Waals surface area contributed by atoms with E-state index in [1.165, 1.54) is 0 Å². The molecule has 0 saturated carbocycles. The molecular weight excluding hydrogens is 240 g/mol. The fourth-order valence-corrected chi connectivity index (χ4v) is 1.86. The van der Waals surface area contributed by atoms with Crippen molar-refractivity contribution in [2.75, 3.05) is 26.1 Å². The third kappa shape index (κ3) is 3.45. The van der Waals surface area contributed by atoms with E-state index in [9.17, 15) is 0 Å². The van der Waals surface area contributed by atoms with Crippen molar-refractivity contribution < 1.29 is 9.47 Å². The fourth-order valence-electron chi connectivity index (χ4n) is 1.86. The van der Waals surface area contributed by atoms with Gasteiger partial charge in [0, 0.05) is 18.4 Å². The molecule has 0 saturated heterocycles. The first-order valence-electron chi connectivity index (χ1n) is 6.16. The molecule has 0 fully saturated rings. The molecule has 2 N–H and O–H groups in total. The van der Waals surface area contributed by atoms with Crippen LogP contribution < -0.4 is 10.5 Å². The Morgan fingerprint density at radius 2 is 1.79 bits per heavy atom. The van der Waals surface area contributed by atoms with Crippen molar-refractivity contribution in [2.24, 2.45) is 0 Å². The van der Waals surface area contributed by atoms with E-state index in [2.05, 4.69) is 4.98 Å². The molecule has 0 aliphatic heterocycles. The molecule has 2 rings (SSSR count). The second-order valence-electron chi connectivity index (χ2n) is 4.23. The number of hydrogen-bond donors (Lipinski definition) is 1. The van der Waals surface area contributed by atoms with Crippen LogP contribution in [-0.4, -0.2) is 25.3 Å². The van der Waals surface area contributed by atoms with Crippen LogP contribution in [0.1, 0.15) is 5.69 Å². The number of ether oxygens (including phenoxy) is 2. The van der Waals surface area contributed by atoms with Gasteiger partial charge in [0.2, 0.25) is 0 Å². The first-order valence-corrected chi connectivity index (χ1v) is 6.16. The average Bonchev–Trinajstić information content (AvgIpc) is 2.40. The van der Waals surface area contributed by atoms with Crippen LogP contribution in [0.25, 0.3) is 11.1 Å². The molecule has 1 heterocycles. The number of aromatic nitrogens is 1. The van der Waals surface area contributed by atoms with Crippen LogP contribution in [0.5, 0.6) is 5.75 Å². The number of hydrogen-bond acceptors (Lipinski definition) is 4. The van der Waals surface area contributed by atoms with Crippen LogP contribution in [0.2, 0.25) is 0 Å². The zero-order valence-electron chi connectivity index (χ0n) is 11.2. The summed E-state index contributed by atoms with van der Waals surface area (Å²) in [6.45, 7) is 3.09. The summed E-state index contributed by atoms with van der Waals surface area (Å²) >= 11 is 0. The summed E-state index contributed by atoms with van der Waals surface area (Å²) < 4.78 is 10.5. The largest absolute Gasteiger partial charge is 0.491 e. The summed E-state index contributed by atoms with van der Waals surface area (Å²) in [6, 6.07) is 11.7. The zero-order chi connectivity index (χ0) is 13.7. The van der Waals surface area contributed by atoms with E-state index in [1.807, 2.05) is 43.3 Å². The molecule has 0 amide bonds. The molecular formula is C15H18N2O2. The highest BCUT2D eigenvalue weighted by Gasteiger charge is 2.03. The summed E-state index contributed by atoms with van der Waals surface area (Å²) in [6.07, 6.45) is 0. The lowest BCUT2D eigenvalue weighted by atomic mass is 10.0. The van der Waals surface area contributed by atoms with Gasteiger partial charge in [-0.1, -0.05) is 12.1 Å². The number of aryl methyl sites for hydroxylation is 1. The van der Waals surface area contributed by atoms with Crippen molar-refractivity contribution in [3.63, 3.8) is 0 Å². The Bertz CT molecular complexity index is 538. The van der Waals surface area contributed by atoms with Crippen LogP contribution in [0, 0.1) is 6.92 Å². The summed E-state index contributed by atoms with van der Waals surface area (Å²) in [7, 11) is 1.66. The van der Waals surface area contributed by atoms with Crippen LogP contribution in [0.3, 0.4) is 0 Å². The molecule has 0 radical (unpaired) electrons. The number of rotatable bonds is 5. The predicted octanol–water partition coefficient (Wildman–Crippen LogP) is 2.66. The molecule has 0 unspecified atom stereocenters. The monoisotopic (exact) mass is 258 g/mol. The van der Waals surface area contributed by atoms with Gasteiger partial charge in [0.25, 0.3) is 0 Å². The van der Waals surface area contributed by atoms with E-state index in [4.69, 9.17) is 15.2 Å². The Labute approximate surface area is 113 Å². The molecule has 0 spiro atoms. The van der Waals surface area contributed by atoms with Gasteiger partial charge < -0.3 is 15.2 Å². The van der Waals surface area contributed by atoms with Crippen molar-refractivity contribution >= 4 is 5.82 Å². The lowest BCUT2D eigenvalue weighted by Crippen LogP contribution is -2.03. The van der Waals surface area contributed by atoms with Gasteiger partial charge in [0.1, 0.15) is 18.2 Å². The Kier molecular flexibility index (Phi) is 4.36.